The van der Waals surface area contributed by atoms with E-state index in [1.165, 1.54) is 18.2 Å². The molecule has 0 saturated heterocycles. The molecule has 4 aromatic heterocycles. The summed E-state index contributed by atoms with van der Waals surface area (Å²) in [6.07, 6.45) is 10.6. The summed E-state index contributed by atoms with van der Waals surface area (Å²) in [6.45, 7) is 0. The average Bonchev–Trinajstić information content (AvgIpc) is 3.56. The van der Waals surface area contributed by atoms with Gasteiger partial charge in [0.1, 0.15) is 11.5 Å². The van der Waals surface area contributed by atoms with Crippen LogP contribution in [0, 0.1) is 0 Å². The standard InChI is InChI=1S/C12H8ClN3O.C6H6BClO3.C6H4BrN3/c13-10-5-8(1-2-11(10)17)9-6-14-12-3-4-15-16(12)7-9;8-5-3-4(7(10)11)1-2-6(5)9;7-5-3-8-6-1-2-9-10(6)4-5/h1-7,17H;1-3,9-11H;1-4H. The van der Waals surface area contributed by atoms with Crippen LogP contribution >= 0.6 is 39.1 Å². The smallest absolute Gasteiger partial charge is 0.488 e. The van der Waals surface area contributed by atoms with Gasteiger partial charge in [0.25, 0.3) is 0 Å². The van der Waals surface area contributed by atoms with Gasteiger partial charge in [0.15, 0.2) is 11.3 Å². The van der Waals surface area contributed by atoms with Crippen molar-refractivity contribution in [2.24, 2.45) is 0 Å². The molecule has 2 aromatic carbocycles. The van der Waals surface area contributed by atoms with Gasteiger partial charge in [-0.1, -0.05) is 35.3 Å². The molecular weight excluding hydrogens is 598 g/mol. The van der Waals surface area contributed by atoms with Gasteiger partial charge in [-0.25, -0.2) is 19.0 Å². The summed E-state index contributed by atoms with van der Waals surface area (Å²) in [7, 11) is -1.55. The molecule has 0 spiro atoms. The summed E-state index contributed by atoms with van der Waals surface area (Å²) in [5.41, 5.74) is 3.69. The van der Waals surface area contributed by atoms with Gasteiger partial charge in [0, 0.05) is 42.5 Å². The van der Waals surface area contributed by atoms with Crippen molar-refractivity contribution in [1.82, 2.24) is 29.2 Å². The molecule has 14 heteroatoms. The van der Waals surface area contributed by atoms with E-state index in [1.54, 1.807) is 52.0 Å². The highest BCUT2D eigenvalue weighted by atomic mass is 79.9. The van der Waals surface area contributed by atoms with E-state index in [0.29, 0.717) is 5.02 Å². The number of nitrogens with zero attached hydrogens (tertiary/aromatic N) is 6. The molecule has 0 radical (unpaired) electrons. The number of aromatic nitrogens is 6. The zero-order chi connectivity index (χ0) is 27.2. The predicted molar refractivity (Wildman–Crippen MR) is 149 cm³/mol. The van der Waals surface area contributed by atoms with Gasteiger partial charge < -0.3 is 20.3 Å². The van der Waals surface area contributed by atoms with E-state index in [9.17, 15) is 5.11 Å². The van der Waals surface area contributed by atoms with E-state index in [1.807, 2.05) is 24.5 Å². The second-order valence-corrected chi connectivity index (χ2v) is 9.36. The monoisotopic (exact) mass is 614 g/mol. The Bertz CT molecular complexity index is 1700. The predicted octanol–water partition coefficient (Wildman–Crippen LogP) is 3.97. The molecule has 0 aliphatic heterocycles. The zero-order valence-electron chi connectivity index (χ0n) is 19.3. The second kappa shape index (κ2) is 12.2. The number of halogens is 3. The van der Waals surface area contributed by atoms with Crippen LogP contribution in [0.2, 0.25) is 10.0 Å². The van der Waals surface area contributed by atoms with Crippen molar-refractivity contribution in [3.8, 4) is 22.6 Å². The van der Waals surface area contributed by atoms with Gasteiger partial charge in [-0.15, -0.1) is 0 Å². The normalized spacial score (nSPS) is 10.4. The van der Waals surface area contributed by atoms with Crippen LogP contribution in [0.4, 0.5) is 0 Å². The Hall–Kier alpha value is -3.68. The lowest BCUT2D eigenvalue weighted by molar-refractivity contribution is 0.425. The Morgan fingerprint density at radius 1 is 0.711 bits per heavy atom. The highest BCUT2D eigenvalue weighted by molar-refractivity contribution is 9.10. The van der Waals surface area contributed by atoms with Crippen molar-refractivity contribution in [1.29, 1.82) is 0 Å². The molecule has 0 bridgehead atoms. The summed E-state index contributed by atoms with van der Waals surface area (Å²) < 4.78 is 4.34. The SMILES string of the molecule is Brc1cnc2ccnn2c1.OB(O)c1ccc(O)c(Cl)c1.Oc1ccc(-c2cnc3ccnn3c2)cc1Cl. The lowest BCUT2D eigenvalue weighted by Gasteiger charge is -2.03. The molecule has 0 aliphatic carbocycles. The third-order valence-electron chi connectivity index (χ3n) is 5.01. The summed E-state index contributed by atoms with van der Waals surface area (Å²) in [4.78, 5) is 8.36. The first kappa shape index (κ1) is 27.4. The van der Waals surface area contributed by atoms with Crippen LogP contribution in [0.25, 0.3) is 22.4 Å². The molecule has 6 rings (SSSR count). The number of phenolic OH excluding ortho intramolecular Hbond substituents is 2. The molecule has 0 saturated carbocycles. The van der Waals surface area contributed by atoms with Crippen molar-refractivity contribution >= 4 is 63.0 Å². The van der Waals surface area contributed by atoms with Crippen molar-refractivity contribution in [2.45, 2.75) is 0 Å². The highest BCUT2D eigenvalue weighted by Gasteiger charge is 2.11. The Morgan fingerprint density at radius 2 is 1.29 bits per heavy atom. The van der Waals surface area contributed by atoms with Crippen molar-refractivity contribution < 1.29 is 20.3 Å². The van der Waals surface area contributed by atoms with E-state index in [-0.39, 0.29) is 22.0 Å². The molecule has 0 aliphatic rings. The van der Waals surface area contributed by atoms with Crippen LogP contribution < -0.4 is 5.46 Å². The fourth-order valence-electron chi connectivity index (χ4n) is 3.12. The second-order valence-electron chi connectivity index (χ2n) is 7.63. The van der Waals surface area contributed by atoms with E-state index in [2.05, 4.69) is 36.1 Å². The number of hydrogen-bond acceptors (Lipinski definition) is 8. The summed E-state index contributed by atoms with van der Waals surface area (Å²) in [5.74, 6) is -0.000361. The van der Waals surface area contributed by atoms with E-state index in [4.69, 9.17) is 38.4 Å². The largest absolute Gasteiger partial charge is 0.506 e. The number of fused-ring (bicyclic) bond motifs is 2. The number of phenols is 2. The van der Waals surface area contributed by atoms with Gasteiger partial charge in [0.05, 0.1) is 26.9 Å². The van der Waals surface area contributed by atoms with E-state index < -0.39 is 7.12 Å². The molecule has 0 unspecified atom stereocenters. The Balaban J connectivity index is 0.000000140. The highest BCUT2D eigenvalue weighted by Crippen LogP contribution is 2.29. The van der Waals surface area contributed by atoms with Crippen LogP contribution in [0.1, 0.15) is 0 Å². The molecule has 0 atom stereocenters. The maximum absolute atomic E-state index is 9.36. The first-order valence-corrected chi connectivity index (χ1v) is 12.3. The van der Waals surface area contributed by atoms with Crippen LogP contribution in [0.15, 0.2) is 90.2 Å². The molecule has 10 nitrogen and oxygen atoms in total. The summed E-state index contributed by atoms with van der Waals surface area (Å²) in [6, 6.07) is 12.7. The first-order valence-electron chi connectivity index (χ1n) is 10.8. The van der Waals surface area contributed by atoms with Gasteiger partial charge in [-0.05, 0) is 51.2 Å². The fraction of sp³-hybridized carbons (Fsp3) is 0. The quantitative estimate of drug-likeness (QED) is 0.215. The average molecular weight is 616 g/mol. The minimum atomic E-state index is -1.55. The Kier molecular flexibility index (Phi) is 8.82. The Morgan fingerprint density at radius 3 is 1.89 bits per heavy atom. The topological polar surface area (TPSA) is 141 Å². The van der Waals surface area contributed by atoms with Crippen LogP contribution in [0.5, 0.6) is 11.5 Å². The molecule has 192 valence electrons. The van der Waals surface area contributed by atoms with Crippen LogP contribution in [0.3, 0.4) is 0 Å². The van der Waals surface area contributed by atoms with Gasteiger partial charge in [-0.3, -0.25) is 0 Å². The fourth-order valence-corrected chi connectivity index (χ4v) is 3.78. The molecular formula is C24H18BBrCl2N6O4. The van der Waals surface area contributed by atoms with Crippen molar-refractivity contribution in [2.75, 3.05) is 0 Å². The lowest BCUT2D eigenvalue weighted by Crippen LogP contribution is -2.29. The van der Waals surface area contributed by atoms with Crippen LogP contribution in [-0.4, -0.2) is 56.6 Å². The van der Waals surface area contributed by atoms with Crippen LogP contribution in [-0.2, 0) is 0 Å². The van der Waals surface area contributed by atoms with Gasteiger partial charge in [-0.2, -0.15) is 10.2 Å². The minimum absolute atomic E-state index is 0.0727. The number of aromatic hydroxyl groups is 2. The summed E-state index contributed by atoms with van der Waals surface area (Å²) >= 11 is 14.6. The molecule has 38 heavy (non-hydrogen) atoms. The molecule has 6 aromatic rings. The lowest BCUT2D eigenvalue weighted by atomic mass is 9.80. The maximum Gasteiger partial charge on any atom is 0.488 e. The summed E-state index contributed by atoms with van der Waals surface area (Å²) in [5, 5.41) is 44.2. The molecule has 4 N–H and O–H groups in total. The molecule has 0 fully saturated rings. The zero-order valence-corrected chi connectivity index (χ0v) is 22.4. The van der Waals surface area contributed by atoms with Gasteiger partial charge in [0.2, 0.25) is 0 Å². The molecule has 0 amide bonds. The third kappa shape index (κ3) is 6.79. The van der Waals surface area contributed by atoms with E-state index in [0.717, 1.165) is 26.9 Å². The van der Waals surface area contributed by atoms with Crippen molar-refractivity contribution in [3.05, 3.63) is 100 Å². The number of hydrogen-bond donors (Lipinski definition) is 4. The van der Waals surface area contributed by atoms with Gasteiger partial charge >= 0.3 is 7.12 Å². The Labute approximate surface area is 234 Å². The third-order valence-corrected chi connectivity index (χ3v) is 6.03. The van der Waals surface area contributed by atoms with Crippen molar-refractivity contribution in [3.63, 3.8) is 0 Å². The minimum Gasteiger partial charge on any atom is -0.506 e. The van der Waals surface area contributed by atoms with E-state index >= 15 is 0 Å². The first-order chi connectivity index (χ1) is 18.2. The number of rotatable bonds is 2. The maximum atomic E-state index is 9.36. The number of benzene rings is 2. The molecule has 4 heterocycles.